The Morgan fingerprint density at radius 3 is 0.500 bits per heavy atom. The molecular formula is As2O9Si3. The van der Waals surface area contributed by atoms with Crippen molar-refractivity contribution in [3.8, 4) is 0 Å². The summed E-state index contributed by atoms with van der Waals surface area (Å²) in [5.74, 6) is 0. The molecule has 0 unspecified atom stereocenters. The molecule has 0 amide bonds. The molecule has 14 heavy (non-hydrogen) atoms. The van der Waals surface area contributed by atoms with Crippen molar-refractivity contribution >= 4 is 63.4 Å². The molecule has 0 aromatic carbocycles. The van der Waals surface area contributed by atoms with Crippen LogP contribution in [-0.4, -0.2) is 63.4 Å². The summed E-state index contributed by atoms with van der Waals surface area (Å²) in [7, 11) is -10.9. The molecule has 0 aromatic heterocycles. The molecule has 0 spiro atoms. The summed E-state index contributed by atoms with van der Waals surface area (Å²) in [5.41, 5.74) is 0. The van der Waals surface area contributed by atoms with Crippen molar-refractivity contribution < 1.29 is 42.2 Å². The Morgan fingerprint density at radius 2 is 0.500 bits per heavy atom. The zero-order valence-electron chi connectivity index (χ0n) is 6.07. The largest absolute Gasteiger partial charge is 3.00 e. The molecule has 0 aliphatic carbocycles. The Kier molecular flexibility index (Phi) is 48.2. The maximum absolute atomic E-state index is 8.52. The van der Waals surface area contributed by atoms with Crippen LogP contribution in [0.15, 0.2) is 0 Å². The number of hydrogen-bond donors (Lipinski definition) is 0. The predicted molar refractivity (Wildman–Crippen MR) is 30.8 cm³/mol. The van der Waals surface area contributed by atoms with Crippen molar-refractivity contribution in [1.29, 1.82) is 0 Å². The van der Waals surface area contributed by atoms with E-state index < -0.39 is 27.5 Å². The fourth-order valence-electron chi connectivity index (χ4n) is 0. The first-order valence-corrected chi connectivity index (χ1v) is 5.51. The Labute approximate surface area is 105 Å². The van der Waals surface area contributed by atoms with Gasteiger partial charge < -0.3 is 42.2 Å². The Hall–Kier alpha value is -0.0325. The van der Waals surface area contributed by atoms with Gasteiger partial charge in [-0.15, -0.1) is 0 Å². The first kappa shape index (κ1) is 29.2. The smallest absolute Gasteiger partial charge is 0.672 e. The van der Waals surface area contributed by atoms with Gasteiger partial charge in [0.25, 0.3) is 0 Å². The van der Waals surface area contributed by atoms with E-state index in [1.165, 1.54) is 0 Å². The van der Waals surface area contributed by atoms with Gasteiger partial charge in [0.05, 0.1) is 0 Å². The third-order valence-corrected chi connectivity index (χ3v) is 0. The first-order valence-electron chi connectivity index (χ1n) is 1.84. The standard InChI is InChI=1S/2As.3O3Si/c;;3*1-4(2)3/q2*+3;3*-2. The minimum atomic E-state index is -3.63. The second kappa shape index (κ2) is 23.1. The van der Waals surface area contributed by atoms with Crippen LogP contribution in [0.2, 0.25) is 0 Å². The summed E-state index contributed by atoms with van der Waals surface area (Å²) < 4.78 is 25.6. The van der Waals surface area contributed by atoms with Gasteiger partial charge in [-0.25, -0.2) is 0 Å². The van der Waals surface area contributed by atoms with Crippen LogP contribution in [0, 0.1) is 0 Å². The van der Waals surface area contributed by atoms with E-state index in [0.29, 0.717) is 0 Å². The molecule has 0 heterocycles. The van der Waals surface area contributed by atoms with Crippen molar-refractivity contribution in [1.82, 2.24) is 0 Å². The normalized spacial score (nSPS) is 5.14. The maximum atomic E-state index is 8.52. The molecule has 0 fully saturated rings. The molecule has 76 valence electrons. The summed E-state index contributed by atoms with van der Waals surface area (Å²) in [4.78, 5) is 51.1. The zero-order chi connectivity index (χ0) is 10.7. The fourth-order valence-corrected chi connectivity index (χ4v) is 0. The third kappa shape index (κ3) is 1370000. The van der Waals surface area contributed by atoms with Crippen molar-refractivity contribution in [3.63, 3.8) is 0 Å². The molecule has 0 saturated carbocycles. The van der Waals surface area contributed by atoms with Gasteiger partial charge >= 0.3 is 35.9 Å². The summed E-state index contributed by atoms with van der Waals surface area (Å²) >= 11 is 0. The molecule has 9 nitrogen and oxygen atoms in total. The van der Waals surface area contributed by atoms with E-state index in [4.69, 9.17) is 42.2 Å². The molecule has 0 N–H and O–H groups in total. The average molecular weight is 378 g/mol. The topological polar surface area (TPSA) is 190 Å². The van der Waals surface area contributed by atoms with E-state index in [-0.39, 0.29) is 35.9 Å². The van der Waals surface area contributed by atoms with Crippen LogP contribution >= 0.6 is 0 Å². The van der Waals surface area contributed by atoms with Crippen LogP contribution in [0.5, 0.6) is 0 Å². The van der Waals surface area contributed by atoms with Crippen LogP contribution in [0.25, 0.3) is 0 Å². The third-order valence-electron chi connectivity index (χ3n) is 0. The second-order valence-corrected chi connectivity index (χ2v) is 2.25. The van der Waals surface area contributed by atoms with Gasteiger partial charge in [0, 0.05) is 27.5 Å². The minimum Gasteiger partial charge on any atom is -0.672 e. The van der Waals surface area contributed by atoms with Gasteiger partial charge in [-0.3, -0.25) is 0 Å². The van der Waals surface area contributed by atoms with Gasteiger partial charge in [0.15, 0.2) is 0 Å². The monoisotopic (exact) mass is 378 g/mol. The van der Waals surface area contributed by atoms with Crippen LogP contribution in [0.1, 0.15) is 0 Å². The summed E-state index contributed by atoms with van der Waals surface area (Å²) in [6.45, 7) is 0. The van der Waals surface area contributed by atoms with E-state index in [1.807, 2.05) is 0 Å². The minimum absolute atomic E-state index is 0. The van der Waals surface area contributed by atoms with Gasteiger partial charge in [-0.05, 0) is 0 Å². The van der Waals surface area contributed by atoms with Crippen molar-refractivity contribution in [2.75, 3.05) is 0 Å². The predicted octanol–water partition coefficient (Wildman–Crippen LogP) is -9.39. The fraction of sp³-hybridized carbons (Fsp3) is 0. The molecule has 4 radical (unpaired) electrons. The SMILES string of the molecule is O=[Si]([O-])[O-].O=[Si]([O-])[O-].O=[Si]([O-])[O-].[As+3].[As+3]. The molecule has 0 rings (SSSR count). The van der Waals surface area contributed by atoms with Crippen LogP contribution in [0.3, 0.4) is 0 Å². The second-order valence-electron chi connectivity index (χ2n) is 0.750. The molecule has 0 atom stereocenters. The molecular weight excluding hydrogens is 378 g/mol. The van der Waals surface area contributed by atoms with Gasteiger partial charge in [0.1, 0.15) is 0 Å². The van der Waals surface area contributed by atoms with E-state index in [0.717, 1.165) is 0 Å². The number of hydrogen-bond acceptors (Lipinski definition) is 9. The Balaban J connectivity index is -0.0000000270. The molecule has 0 bridgehead atoms. The molecule has 14 heteroatoms. The maximum Gasteiger partial charge on any atom is 3.00 e. The molecule has 0 saturated heterocycles. The van der Waals surface area contributed by atoms with Crippen LogP contribution in [0.4, 0.5) is 0 Å². The van der Waals surface area contributed by atoms with E-state index in [9.17, 15) is 0 Å². The van der Waals surface area contributed by atoms with Crippen LogP contribution in [-0.2, 0) is 13.4 Å². The van der Waals surface area contributed by atoms with E-state index in [2.05, 4.69) is 0 Å². The van der Waals surface area contributed by atoms with Gasteiger partial charge in [-0.1, -0.05) is 0 Å². The van der Waals surface area contributed by atoms with Gasteiger partial charge in [-0.2, -0.15) is 0 Å². The summed E-state index contributed by atoms with van der Waals surface area (Å²) in [6, 6.07) is 0. The quantitative estimate of drug-likeness (QED) is 0.368. The van der Waals surface area contributed by atoms with Gasteiger partial charge in [0.2, 0.25) is 0 Å². The zero-order valence-corrected chi connectivity index (χ0v) is 12.8. The van der Waals surface area contributed by atoms with Crippen molar-refractivity contribution in [2.45, 2.75) is 0 Å². The van der Waals surface area contributed by atoms with E-state index in [1.54, 1.807) is 0 Å². The van der Waals surface area contributed by atoms with Crippen molar-refractivity contribution in [3.05, 3.63) is 0 Å². The van der Waals surface area contributed by atoms with Crippen molar-refractivity contribution in [2.24, 2.45) is 0 Å². The summed E-state index contributed by atoms with van der Waals surface area (Å²) in [6.07, 6.45) is 0. The molecule has 0 aliphatic heterocycles. The number of rotatable bonds is 0. The molecule has 0 aliphatic rings. The average Bonchev–Trinajstić information content (AvgIpc) is 1.54. The molecule has 0 aromatic rings. The van der Waals surface area contributed by atoms with Crippen LogP contribution < -0.4 is 28.8 Å². The Morgan fingerprint density at radius 1 is 0.500 bits per heavy atom. The van der Waals surface area contributed by atoms with E-state index >= 15 is 0 Å². The summed E-state index contributed by atoms with van der Waals surface area (Å²) in [5, 5.41) is 0. The Bertz CT molecular complexity index is 116. The first-order chi connectivity index (χ1) is 5.20.